The topological polar surface area (TPSA) is 94.1 Å². The maximum absolute atomic E-state index is 11.4. The van der Waals surface area contributed by atoms with Crippen LogP contribution in [-0.4, -0.2) is 33.0 Å². The Labute approximate surface area is 124 Å². The molecule has 0 radical (unpaired) electrons. The van der Waals surface area contributed by atoms with Gasteiger partial charge in [0, 0.05) is 0 Å². The third-order valence-electron chi connectivity index (χ3n) is 2.29. The van der Waals surface area contributed by atoms with Crippen LogP contribution in [0.4, 0.5) is 5.69 Å². The molecule has 1 aromatic rings. The van der Waals surface area contributed by atoms with E-state index >= 15 is 0 Å². The molecule has 1 rings (SSSR count). The van der Waals surface area contributed by atoms with Crippen LogP contribution in [0, 0.1) is 6.92 Å². The van der Waals surface area contributed by atoms with Crippen LogP contribution in [0.1, 0.15) is 19.4 Å². The molecule has 1 aromatic carbocycles. The number of hydrazone groups is 1. The molecule has 116 valence electrons. The maximum Gasteiger partial charge on any atom is 0.354 e. The number of nitrogens with one attached hydrogen (secondary N) is 1. The maximum atomic E-state index is 11.4. The number of esters is 1. The summed E-state index contributed by atoms with van der Waals surface area (Å²) in [6.07, 6.45) is 0.951. The van der Waals surface area contributed by atoms with Gasteiger partial charge in [0.2, 0.25) is 0 Å². The summed E-state index contributed by atoms with van der Waals surface area (Å²) in [5, 5.41) is 3.85. The number of hydrogen-bond donors (Lipinski definition) is 1. The van der Waals surface area contributed by atoms with Crippen LogP contribution in [0.3, 0.4) is 0 Å². The van der Waals surface area contributed by atoms with Crippen LogP contribution in [0.25, 0.3) is 0 Å². The highest BCUT2D eigenvalue weighted by Crippen LogP contribution is 2.26. The van der Waals surface area contributed by atoms with E-state index in [1.165, 1.54) is 6.92 Å². The van der Waals surface area contributed by atoms with Crippen LogP contribution in [0.2, 0.25) is 0 Å². The average molecular weight is 314 g/mol. The summed E-state index contributed by atoms with van der Waals surface area (Å²) < 4.78 is 32.1. The predicted octanol–water partition coefficient (Wildman–Crippen LogP) is 1.68. The quantitative estimate of drug-likeness (QED) is 0.371. The van der Waals surface area contributed by atoms with E-state index in [0.29, 0.717) is 5.69 Å². The fraction of sp³-hybridized carbons (Fsp3) is 0.385. The van der Waals surface area contributed by atoms with Gasteiger partial charge >= 0.3 is 16.1 Å². The number of anilines is 1. The third-order valence-corrected chi connectivity index (χ3v) is 2.78. The summed E-state index contributed by atoms with van der Waals surface area (Å²) in [6.45, 7) is 5.22. The van der Waals surface area contributed by atoms with Gasteiger partial charge in [-0.2, -0.15) is 13.5 Å². The molecule has 0 heterocycles. The van der Waals surface area contributed by atoms with Crippen LogP contribution in [0.15, 0.2) is 23.3 Å². The minimum Gasteiger partial charge on any atom is -0.461 e. The smallest absolute Gasteiger partial charge is 0.354 e. The van der Waals surface area contributed by atoms with Gasteiger partial charge in [0.05, 0.1) is 18.6 Å². The van der Waals surface area contributed by atoms with E-state index in [2.05, 4.69) is 10.5 Å². The Morgan fingerprint density at radius 3 is 2.62 bits per heavy atom. The summed E-state index contributed by atoms with van der Waals surface area (Å²) in [4.78, 5) is 11.4. The lowest BCUT2D eigenvalue weighted by Gasteiger charge is -2.10. The lowest BCUT2D eigenvalue weighted by Crippen LogP contribution is -2.15. The standard InChI is InChI=1S/C13H18N2O5S/c1-5-19-13(16)10(3)14-15-11-7-6-9(2)8-12(11)20-21(4,17)18/h6-8,15H,5H2,1-4H3/b14-10-. The fourth-order valence-electron chi connectivity index (χ4n) is 1.38. The van der Waals surface area contributed by atoms with Gasteiger partial charge in [-0.05, 0) is 38.5 Å². The minimum atomic E-state index is -3.66. The molecule has 0 aliphatic carbocycles. The fourth-order valence-corrected chi connectivity index (χ4v) is 1.84. The zero-order valence-electron chi connectivity index (χ0n) is 12.3. The van der Waals surface area contributed by atoms with Crippen molar-refractivity contribution < 1.29 is 22.1 Å². The first-order valence-electron chi connectivity index (χ1n) is 6.20. The molecule has 0 saturated heterocycles. The molecule has 0 saturated carbocycles. The van der Waals surface area contributed by atoms with Gasteiger partial charge in [-0.1, -0.05) is 6.07 Å². The molecular formula is C13H18N2O5S. The summed E-state index contributed by atoms with van der Waals surface area (Å²) in [7, 11) is -3.66. The molecule has 0 aliphatic heterocycles. The van der Waals surface area contributed by atoms with Gasteiger partial charge in [0.15, 0.2) is 5.75 Å². The van der Waals surface area contributed by atoms with Gasteiger partial charge in [0.1, 0.15) is 5.71 Å². The van der Waals surface area contributed by atoms with Crippen molar-refractivity contribution in [1.82, 2.24) is 0 Å². The Hall–Kier alpha value is -2.09. The highest BCUT2D eigenvalue weighted by molar-refractivity contribution is 7.86. The van der Waals surface area contributed by atoms with Crippen molar-refractivity contribution in [1.29, 1.82) is 0 Å². The first-order chi connectivity index (χ1) is 9.73. The zero-order valence-corrected chi connectivity index (χ0v) is 13.2. The van der Waals surface area contributed by atoms with Gasteiger partial charge in [-0.3, -0.25) is 5.43 Å². The number of rotatable bonds is 6. The molecule has 0 spiro atoms. The normalized spacial score (nSPS) is 11.9. The first kappa shape index (κ1) is 17.0. The van der Waals surface area contributed by atoms with E-state index in [4.69, 9.17) is 8.92 Å². The highest BCUT2D eigenvalue weighted by atomic mass is 32.2. The molecule has 0 unspecified atom stereocenters. The van der Waals surface area contributed by atoms with Gasteiger partial charge in [-0.15, -0.1) is 0 Å². The number of hydrogen-bond acceptors (Lipinski definition) is 7. The Balaban J connectivity index is 2.98. The SMILES string of the molecule is CCOC(=O)/C(C)=N\Nc1ccc(C)cc1OS(C)(=O)=O. The van der Waals surface area contributed by atoms with Gasteiger partial charge in [0.25, 0.3) is 0 Å². The van der Waals surface area contributed by atoms with Crippen molar-refractivity contribution in [2.24, 2.45) is 5.10 Å². The monoisotopic (exact) mass is 314 g/mol. The molecule has 0 amide bonds. The lowest BCUT2D eigenvalue weighted by molar-refractivity contribution is -0.135. The van der Waals surface area contributed by atoms with E-state index in [-0.39, 0.29) is 18.1 Å². The Bertz CT molecular complexity index is 653. The van der Waals surface area contributed by atoms with Crippen LogP contribution in [-0.2, 0) is 19.6 Å². The average Bonchev–Trinajstić information content (AvgIpc) is 2.35. The number of carbonyl (C=O) groups excluding carboxylic acids is 1. The molecule has 0 aliphatic rings. The molecule has 0 fully saturated rings. The van der Waals surface area contributed by atoms with Crippen molar-refractivity contribution >= 4 is 27.5 Å². The van der Waals surface area contributed by atoms with Crippen molar-refractivity contribution in [3.8, 4) is 5.75 Å². The number of ether oxygens (including phenoxy) is 1. The third kappa shape index (κ3) is 5.82. The molecule has 7 nitrogen and oxygen atoms in total. The zero-order chi connectivity index (χ0) is 16.0. The van der Waals surface area contributed by atoms with E-state index in [1.54, 1.807) is 32.0 Å². The molecular weight excluding hydrogens is 296 g/mol. The molecule has 1 N–H and O–H groups in total. The molecule has 0 bridgehead atoms. The molecule has 0 aromatic heterocycles. The Kier molecular flexibility index (Phi) is 5.71. The van der Waals surface area contributed by atoms with Crippen molar-refractivity contribution in [3.63, 3.8) is 0 Å². The number of carbonyl (C=O) groups is 1. The van der Waals surface area contributed by atoms with Crippen LogP contribution < -0.4 is 9.61 Å². The molecule has 8 heteroatoms. The van der Waals surface area contributed by atoms with E-state index in [1.807, 2.05) is 0 Å². The Morgan fingerprint density at radius 2 is 2.05 bits per heavy atom. The number of aryl methyl sites for hydroxylation is 1. The Morgan fingerprint density at radius 1 is 1.38 bits per heavy atom. The number of benzene rings is 1. The molecule has 0 atom stereocenters. The second-order valence-electron chi connectivity index (χ2n) is 4.32. The first-order valence-corrected chi connectivity index (χ1v) is 8.02. The second-order valence-corrected chi connectivity index (χ2v) is 5.89. The summed E-state index contributed by atoms with van der Waals surface area (Å²) in [6, 6.07) is 4.92. The van der Waals surface area contributed by atoms with Crippen molar-refractivity contribution in [2.45, 2.75) is 20.8 Å². The van der Waals surface area contributed by atoms with Gasteiger partial charge < -0.3 is 8.92 Å². The van der Waals surface area contributed by atoms with Crippen LogP contribution >= 0.6 is 0 Å². The largest absolute Gasteiger partial charge is 0.461 e. The second kappa shape index (κ2) is 7.07. The molecule has 21 heavy (non-hydrogen) atoms. The summed E-state index contributed by atoms with van der Waals surface area (Å²) in [5.74, 6) is -0.444. The summed E-state index contributed by atoms with van der Waals surface area (Å²) >= 11 is 0. The number of nitrogens with zero attached hydrogens (tertiary/aromatic N) is 1. The van der Waals surface area contributed by atoms with Crippen LogP contribution in [0.5, 0.6) is 5.75 Å². The van der Waals surface area contributed by atoms with E-state index < -0.39 is 16.1 Å². The van der Waals surface area contributed by atoms with Crippen molar-refractivity contribution in [2.75, 3.05) is 18.3 Å². The minimum absolute atomic E-state index is 0.109. The summed E-state index contributed by atoms with van der Waals surface area (Å²) in [5.41, 5.74) is 3.87. The lowest BCUT2D eigenvalue weighted by atomic mass is 10.2. The van der Waals surface area contributed by atoms with E-state index in [9.17, 15) is 13.2 Å². The van der Waals surface area contributed by atoms with E-state index in [0.717, 1.165) is 11.8 Å². The van der Waals surface area contributed by atoms with Crippen molar-refractivity contribution in [3.05, 3.63) is 23.8 Å². The predicted molar refractivity (Wildman–Crippen MR) is 80.0 cm³/mol. The van der Waals surface area contributed by atoms with Gasteiger partial charge in [-0.25, -0.2) is 4.79 Å². The highest BCUT2D eigenvalue weighted by Gasteiger charge is 2.11.